The molecule has 1 amide bonds. The molecule has 0 aliphatic rings. The molecule has 0 bridgehead atoms. The van der Waals surface area contributed by atoms with Crippen molar-refractivity contribution >= 4 is 11.6 Å². The highest BCUT2D eigenvalue weighted by Gasteiger charge is 2.20. The molecule has 0 radical (unpaired) electrons. The van der Waals surface area contributed by atoms with Gasteiger partial charge in [-0.2, -0.15) is 0 Å². The van der Waals surface area contributed by atoms with Crippen LogP contribution >= 0.6 is 0 Å². The lowest BCUT2D eigenvalue weighted by molar-refractivity contribution is 0.0676. The molecule has 4 nitrogen and oxygen atoms in total. The first-order valence-electron chi connectivity index (χ1n) is 6.40. The summed E-state index contributed by atoms with van der Waals surface area (Å²) in [6.45, 7) is 9.03. The Balaban J connectivity index is 2.94. The minimum atomic E-state index is -0.00389. The summed E-state index contributed by atoms with van der Waals surface area (Å²) in [5.74, 6) is 0.444. The Labute approximate surface area is 109 Å². The Morgan fingerprint density at radius 2 is 2.06 bits per heavy atom. The van der Waals surface area contributed by atoms with E-state index in [2.05, 4.69) is 24.1 Å². The molecule has 18 heavy (non-hydrogen) atoms. The summed E-state index contributed by atoms with van der Waals surface area (Å²) in [5, 5.41) is 3.02. The average molecular weight is 249 g/mol. The van der Waals surface area contributed by atoms with Crippen molar-refractivity contribution in [3.8, 4) is 0 Å². The summed E-state index contributed by atoms with van der Waals surface area (Å²) in [6.07, 6.45) is 1.66. The summed E-state index contributed by atoms with van der Waals surface area (Å²) in [4.78, 5) is 18.5. The van der Waals surface area contributed by atoms with Crippen molar-refractivity contribution in [3.05, 3.63) is 24.0 Å². The zero-order valence-corrected chi connectivity index (χ0v) is 11.9. The molecule has 4 heteroatoms. The van der Waals surface area contributed by atoms with Gasteiger partial charge in [-0.25, -0.2) is 0 Å². The van der Waals surface area contributed by atoms with Crippen molar-refractivity contribution in [2.45, 2.75) is 33.7 Å². The van der Waals surface area contributed by atoms with Crippen LogP contribution in [0.4, 0.5) is 5.69 Å². The molecule has 1 aromatic rings. The molecule has 0 spiro atoms. The molecular formula is C14H23N3O. The average Bonchev–Trinajstić information content (AvgIpc) is 2.34. The van der Waals surface area contributed by atoms with Crippen LogP contribution in [0, 0.1) is 5.92 Å². The maximum Gasteiger partial charge on any atom is 0.272 e. The van der Waals surface area contributed by atoms with Crippen LogP contribution in [0.5, 0.6) is 0 Å². The number of carbonyl (C=O) groups excluding carboxylic acids is 1. The van der Waals surface area contributed by atoms with E-state index in [9.17, 15) is 4.79 Å². The largest absolute Gasteiger partial charge is 0.388 e. The van der Waals surface area contributed by atoms with Crippen molar-refractivity contribution in [1.29, 1.82) is 0 Å². The minimum Gasteiger partial charge on any atom is -0.388 e. The predicted octanol–water partition coefficient (Wildman–Crippen LogP) is 2.63. The van der Waals surface area contributed by atoms with E-state index >= 15 is 0 Å². The van der Waals surface area contributed by atoms with Crippen molar-refractivity contribution < 1.29 is 4.79 Å². The highest BCUT2D eigenvalue weighted by Crippen LogP contribution is 2.13. The Bertz CT molecular complexity index is 402. The molecule has 1 aromatic heterocycles. The van der Waals surface area contributed by atoms with Gasteiger partial charge in [0, 0.05) is 31.5 Å². The van der Waals surface area contributed by atoms with Crippen molar-refractivity contribution in [2.24, 2.45) is 5.92 Å². The lowest BCUT2D eigenvalue weighted by Crippen LogP contribution is -2.39. The number of pyridine rings is 1. The summed E-state index contributed by atoms with van der Waals surface area (Å²) >= 11 is 0. The molecule has 1 heterocycles. The van der Waals surface area contributed by atoms with Crippen LogP contribution in [0.2, 0.25) is 0 Å². The van der Waals surface area contributed by atoms with Crippen LogP contribution in [-0.2, 0) is 0 Å². The molecule has 0 saturated carbocycles. The van der Waals surface area contributed by atoms with Gasteiger partial charge in [-0.3, -0.25) is 9.78 Å². The molecule has 100 valence electrons. The minimum absolute atomic E-state index is 0.00389. The number of rotatable bonds is 5. The van der Waals surface area contributed by atoms with Gasteiger partial charge in [-0.05, 0) is 31.9 Å². The smallest absolute Gasteiger partial charge is 0.272 e. The van der Waals surface area contributed by atoms with Crippen molar-refractivity contribution in [2.75, 3.05) is 18.9 Å². The van der Waals surface area contributed by atoms with E-state index in [0.717, 1.165) is 12.2 Å². The van der Waals surface area contributed by atoms with Crippen LogP contribution in [0.1, 0.15) is 38.2 Å². The van der Waals surface area contributed by atoms with Gasteiger partial charge in [0.1, 0.15) is 5.69 Å². The zero-order valence-electron chi connectivity index (χ0n) is 11.9. The van der Waals surface area contributed by atoms with Gasteiger partial charge in [-0.15, -0.1) is 0 Å². The monoisotopic (exact) mass is 249 g/mol. The van der Waals surface area contributed by atoms with Gasteiger partial charge in [0.25, 0.3) is 5.91 Å². The maximum atomic E-state index is 12.4. The SMILES string of the molecule is CNc1ccnc(C(=O)N(CC(C)C)C(C)C)c1. The van der Waals surface area contributed by atoms with Crippen LogP contribution in [-0.4, -0.2) is 35.4 Å². The predicted molar refractivity (Wildman–Crippen MR) is 74.8 cm³/mol. The third-order valence-electron chi connectivity index (χ3n) is 2.71. The van der Waals surface area contributed by atoms with Crippen LogP contribution in [0.25, 0.3) is 0 Å². The summed E-state index contributed by atoms with van der Waals surface area (Å²) < 4.78 is 0. The summed E-state index contributed by atoms with van der Waals surface area (Å²) in [6, 6.07) is 3.82. The molecule has 0 aliphatic carbocycles. The van der Waals surface area contributed by atoms with E-state index in [1.807, 2.05) is 31.9 Å². The van der Waals surface area contributed by atoms with Gasteiger partial charge in [0.05, 0.1) is 0 Å². The van der Waals surface area contributed by atoms with Crippen LogP contribution < -0.4 is 5.32 Å². The second-order valence-corrected chi connectivity index (χ2v) is 5.12. The first-order valence-corrected chi connectivity index (χ1v) is 6.40. The number of nitrogens with one attached hydrogen (secondary N) is 1. The van der Waals surface area contributed by atoms with E-state index in [1.165, 1.54) is 0 Å². The van der Waals surface area contributed by atoms with Crippen LogP contribution in [0.3, 0.4) is 0 Å². The van der Waals surface area contributed by atoms with Gasteiger partial charge < -0.3 is 10.2 Å². The highest BCUT2D eigenvalue weighted by molar-refractivity contribution is 5.93. The fourth-order valence-corrected chi connectivity index (χ4v) is 1.77. The molecule has 0 fully saturated rings. The number of anilines is 1. The second kappa shape index (κ2) is 6.38. The summed E-state index contributed by atoms with van der Waals surface area (Å²) in [7, 11) is 1.83. The Hall–Kier alpha value is -1.58. The molecular weight excluding hydrogens is 226 g/mol. The molecule has 0 saturated heterocycles. The molecule has 0 aliphatic heterocycles. The number of amides is 1. The number of nitrogens with zero attached hydrogens (tertiary/aromatic N) is 2. The highest BCUT2D eigenvalue weighted by atomic mass is 16.2. The van der Waals surface area contributed by atoms with E-state index < -0.39 is 0 Å². The number of aromatic nitrogens is 1. The van der Waals surface area contributed by atoms with Gasteiger partial charge in [0.2, 0.25) is 0 Å². The fraction of sp³-hybridized carbons (Fsp3) is 0.571. The Kier molecular flexibility index (Phi) is 5.13. The third-order valence-corrected chi connectivity index (χ3v) is 2.71. The second-order valence-electron chi connectivity index (χ2n) is 5.12. The topological polar surface area (TPSA) is 45.2 Å². The fourth-order valence-electron chi connectivity index (χ4n) is 1.77. The molecule has 1 rings (SSSR count). The lowest BCUT2D eigenvalue weighted by Gasteiger charge is -2.28. The first-order chi connectivity index (χ1) is 8.45. The molecule has 0 unspecified atom stereocenters. The maximum absolute atomic E-state index is 12.4. The quantitative estimate of drug-likeness (QED) is 0.872. The number of hydrogen-bond donors (Lipinski definition) is 1. The molecule has 0 aromatic carbocycles. The van der Waals surface area contributed by atoms with Crippen LogP contribution in [0.15, 0.2) is 18.3 Å². The van der Waals surface area contributed by atoms with Gasteiger partial charge in [-0.1, -0.05) is 13.8 Å². The zero-order chi connectivity index (χ0) is 13.7. The van der Waals surface area contributed by atoms with Gasteiger partial charge in [0.15, 0.2) is 0 Å². The summed E-state index contributed by atoms with van der Waals surface area (Å²) in [5.41, 5.74) is 1.40. The van der Waals surface area contributed by atoms with Crippen molar-refractivity contribution in [3.63, 3.8) is 0 Å². The van der Waals surface area contributed by atoms with Crippen molar-refractivity contribution in [1.82, 2.24) is 9.88 Å². The number of carbonyl (C=O) groups is 1. The molecule has 0 atom stereocenters. The normalized spacial score (nSPS) is 10.8. The first kappa shape index (κ1) is 14.5. The van der Waals surface area contributed by atoms with Gasteiger partial charge >= 0.3 is 0 Å². The van der Waals surface area contributed by atoms with E-state index in [4.69, 9.17) is 0 Å². The lowest BCUT2D eigenvalue weighted by atomic mass is 10.1. The van der Waals surface area contributed by atoms with E-state index in [1.54, 1.807) is 12.3 Å². The Morgan fingerprint density at radius 1 is 1.39 bits per heavy atom. The van der Waals surface area contributed by atoms with E-state index in [-0.39, 0.29) is 11.9 Å². The molecule has 1 N–H and O–H groups in total. The number of hydrogen-bond acceptors (Lipinski definition) is 3. The Morgan fingerprint density at radius 3 is 2.56 bits per heavy atom. The van der Waals surface area contributed by atoms with E-state index in [0.29, 0.717) is 11.6 Å². The standard InChI is InChI=1S/C14H23N3O/c1-10(2)9-17(11(3)4)14(18)13-8-12(15-5)6-7-16-13/h6-8,10-11H,9H2,1-5H3,(H,15,16). The third kappa shape index (κ3) is 3.72.